The molecule has 2 unspecified atom stereocenters. The van der Waals surface area contributed by atoms with Crippen molar-refractivity contribution >= 4 is 38.7 Å². The Bertz CT molecular complexity index is 1010. The van der Waals surface area contributed by atoms with Crippen molar-refractivity contribution in [3.05, 3.63) is 28.1 Å². The lowest BCUT2D eigenvalue weighted by Gasteiger charge is -2.45. The second-order valence-corrected chi connectivity index (χ2v) is 9.94. The molecule has 1 aliphatic heterocycles. The smallest absolute Gasteiger partial charge is 0.407 e. The van der Waals surface area contributed by atoms with E-state index in [1.807, 2.05) is 7.05 Å². The second kappa shape index (κ2) is 8.29. The zero-order chi connectivity index (χ0) is 22.2. The van der Waals surface area contributed by atoms with E-state index in [2.05, 4.69) is 30.4 Å². The van der Waals surface area contributed by atoms with Crippen LogP contribution in [-0.2, 0) is 4.74 Å². The fourth-order valence-electron chi connectivity index (χ4n) is 4.07. The van der Waals surface area contributed by atoms with Crippen molar-refractivity contribution < 1.29 is 23.8 Å². The lowest BCUT2D eigenvalue weighted by molar-refractivity contribution is 0.0420. The molecule has 3 heterocycles. The highest BCUT2D eigenvalue weighted by Crippen LogP contribution is 2.37. The van der Waals surface area contributed by atoms with Gasteiger partial charge in [0, 0.05) is 32.2 Å². The molecule has 1 fully saturated rings. The summed E-state index contributed by atoms with van der Waals surface area (Å²) in [5.74, 6) is -0.370. The molecule has 1 amide bonds. The predicted octanol–water partition coefficient (Wildman–Crippen LogP) is 3.88. The second-order valence-electron chi connectivity index (χ2n) is 8.88. The molecule has 0 spiro atoms. The molecule has 1 N–H and O–H groups in total. The minimum atomic E-state index is -0.859. The number of ether oxygens (including phenoxy) is 1. The number of amides is 1. The number of fused-ring (bicyclic) bond motifs is 1. The number of methoxy groups -OCH3 is 1. The molecule has 30 heavy (non-hydrogen) atoms. The maximum atomic E-state index is 12.0. The Labute approximate surface area is 179 Å². The van der Waals surface area contributed by atoms with Crippen LogP contribution in [0, 0.1) is 11.3 Å². The first-order chi connectivity index (χ1) is 14.0. The van der Waals surface area contributed by atoms with E-state index >= 15 is 0 Å². The number of hydrogen-bond donors (Lipinski definition) is 1. The highest BCUT2D eigenvalue weighted by atomic mass is 32.1. The summed E-state index contributed by atoms with van der Waals surface area (Å²) in [6.45, 7) is 7.52. The Morgan fingerprint density at radius 3 is 2.67 bits per heavy atom. The molecule has 0 radical (unpaired) electrons. The number of hydrogen-bond acceptors (Lipinski definition) is 7. The van der Waals surface area contributed by atoms with Crippen LogP contribution in [0.3, 0.4) is 0 Å². The summed E-state index contributed by atoms with van der Waals surface area (Å²) in [5.41, 5.74) is -0.528. The van der Waals surface area contributed by atoms with E-state index in [4.69, 9.17) is 4.42 Å². The third kappa shape index (κ3) is 4.45. The van der Waals surface area contributed by atoms with E-state index < -0.39 is 17.7 Å². The van der Waals surface area contributed by atoms with Crippen LogP contribution in [0.4, 0.5) is 9.80 Å². The first kappa shape index (κ1) is 22.1. The zero-order valence-corrected chi connectivity index (χ0v) is 18.7. The molecule has 0 aliphatic carbocycles. The summed E-state index contributed by atoms with van der Waals surface area (Å²) in [5, 5.41) is 10.5. The van der Waals surface area contributed by atoms with Gasteiger partial charge in [0.05, 0.1) is 16.8 Å². The average molecular weight is 437 g/mol. The summed E-state index contributed by atoms with van der Waals surface area (Å²) >= 11 is 1.44. The van der Waals surface area contributed by atoms with Crippen LogP contribution in [0.5, 0.6) is 0 Å². The van der Waals surface area contributed by atoms with Crippen molar-refractivity contribution in [1.29, 1.82) is 0 Å². The van der Waals surface area contributed by atoms with Crippen LogP contribution in [0.25, 0.3) is 10.3 Å². The van der Waals surface area contributed by atoms with Gasteiger partial charge in [-0.05, 0) is 30.2 Å². The maximum absolute atomic E-state index is 12.0. The number of likely N-dealkylation sites (tertiary alicyclic amines) is 1. The van der Waals surface area contributed by atoms with Gasteiger partial charge in [0.25, 0.3) is 0 Å². The molecule has 1 saturated heterocycles. The van der Waals surface area contributed by atoms with E-state index in [0.29, 0.717) is 22.7 Å². The van der Waals surface area contributed by atoms with Gasteiger partial charge in [-0.25, -0.2) is 14.4 Å². The molecule has 164 valence electrons. The first-order valence-corrected chi connectivity index (χ1v) is 10.7. The number of esters is 1. The minimum absolute atomic E-state index is 0.0369. The van der Waals surface area contributed by atoms with Gasteiger partial charge in [-0.2, -0.15) is 0 Å². The largest absolute Gasteiger partial charge is 0.465 e. The third-order valence-corrected chi connectivity index (χ3v) is 6.86. The Kier molecular flexibility index (Phi) is 6.12. The van der Waals surface area contributed by atoms with Crippen molar-refractivity contribution in [2.24, 2.45) is 11.3 Å². The highest BCUT2D eigenvalue weighted by molar-refractivity contribution is 7.22. The Balaban J connectivity index is 1.78. The Hall–Kier alpha value is -2.55. The fourth-order valence-corrected chi connectivity index (χ4v) is 5.07. The molecule has 2 aromatic rings. The number of piperidine rings is 1. The molecule has 0 saturated carbocycles. The summed E-state index contributed by atoms with van der Waals surface area (Å²) in [4.78, 5) is 39.1. The number of nitrogens with zero attached hydrogens (tertiary/aromatic N) is 2. The zero-order valence-electron chi connectivity index (χ0n) is 17.9. The molecule has 8 nitrogen and oxygen atoms in total. The molecule has 3 rings (SSSR count). The Morgan fingerprint density at radius 1 is 1.37 bits per heavy atom. The molecular formula is C21H28N2O6S. The van der Waals surface area contributed by atoms with Crippen molar-refractivity contribution in [2.45, 2.75) is 39.7 Å². The molecular weight excluding hydrogens is 408 g/mol. The summed E-state index contributed by atoms with van der Waals surface area (Å²) in [6.07, 6.45) is 0.741. The van der Waals surface area contributed by atoms with E-state index in [1.54, 1.807) is 11.0 Å². The number of carbonyl (C=O) groups is 2. The van der Waals surface area contributed by atoms with E-state index in [1.165, 1.54) is 24.5 Å². The quantitative estimate of drug-likeness (QED) is 0.726. The minimum Gasteiger partial charge on any atom is -0.465 e. The first-order valence-electron chi connectivity index (χ1n) is 9.88. The average Bonchev–Trinajstić information content (AvgIpc) is 3.08. The lowest BCUT2D eigenvalue weighted by atomic mass is 9.77. The number of thiophene rings is 1. The topological polar surface area (TPSA) is 100 Å². The van der Waals surface area contributed by atoms with Gasteiger partial charge in [-0.3, -0.25) is 0 Å². The highest BCUT2D eigenvalue weighted by Gasteiger charge is 2.38. The van der Waals surface area contributed by atoms with Crippen molar-refractivity contribution in [2.75, 3.05) is 32.1 Å². The molecule has 2 aromatic heterocycles. The Morgan fingerprint density at radius 2 is 2.07 bits per heavy atom. The van der Waals surface area contributed by atoms with Gasteiger partial charge in [0.2, 0.25) is 0 Å². The molecule has 2 atom stereocenters. The number of anilines is 1. The maximum Gasteiger partial charge on any atom is 0.407 e. The van der Waals surface area contributed by atoms with Crippen LogP contribution in [0.15, 0.2) is 21.3 Å². The van der Waals surface area contributed by atoms with E-state index in [9.17, 15) is 19.5 Å². The van der Waals surface area contributed by atoms with Crippen molar-refractivity contribution in [3.63, 3.8) is 0 Å². The summed E-state index contributed by atoms with van der Waals surface area (Å²) in [6, 6.07) is 3.27. The molecule has 0 bridgehead atoms. The number of carbonyl (C=O) groups excluding carboxylic acids is 1. The normalized spacial score (nSPS) is 19.7. The van der Waals surface area contributed by atoms with E-state index in [-0.39, 0.29) is 17.0 Å². The standard InChI is InChI=1S/C21H28N2O6S/c1-21(2,3)16-8-12(6-7-23(16)20(26)27)11-22(4)17-10-14-15(30-17)9-13(18(24)28-5)19(25)29-14/h9-10,12,16H,6-8,11H2,1-5H3,(H,26,27). The van der Waals surface area contributed by atoms with Gasteiger partial charge in [-0.1, -0.05) is 20.8 Å². The monoisotopic (exact) mass is 436 g/mol. The lowest BCUT2D eigenvalue weighted by Crippen LogP contribution is -2.52. The van der Waals surface area contributed by atoms with Gasteiger partial charge >= 0.3 is 17.7 Å². The van der Waals surface area contributed by atoms with Gasteiger partial charge in [0.15, 0.2) is 5.58 Å². The van der Waals surface area contributed by atoms with Crippen molar-refractivity contribution in [1.82, 2.24) is 4.90 Å². The number of carboxylic acid groups (broad SMARTS) is 1. The van der Waals surface area contributed by atoms with Crippen LogP contribution in [0.1, 0.15) is 44.0 Å². The molecule has 1 aliphatic rings. The SMILES string of the molecule is COC(=O)c1cc2sc(N(C)CC3CCN(C(=O)O)C(C(C)(C)C)C3)cc2oc1=O. The van der Waals surface area contributed by atoms with Crippen LogP contribution < -0.4 is 10.5 Å². The van der Waals surface area contributed by atoms with Gasteiger partial charge < -0.3 is 24.1 Å². The summed E-state index contributed by atoms with van der Waals surface area (Å²) < 4.78 is 10.6. The van der Waals surface area contributed by atoms with Gasteiger partial charge in [0.1, 0.15) is 5.56 Å². The van der Waals surface area contributed by atoms with Crippen molar-refractivity contribution in [3.8, 4) is 0 Å². The van der Waals surface area contributed by atoms with E-state index in [0.717, 1.165) is 24.4 Å². The fraction of sp³-hybridized carbons (Fsp3) is 0.571. The van der Waals surface area contributed by atoms with Crippen LogP contribution in [-0.4, -0.2) is 55.4 Å². The third-order valence-electron chi connectivity index (χ3n) is 5.68. The summed E-state index contributed by atoms with van der Waals surface area (Å²) in [7, 11) is 3.19. The van der Waals surface area contributed by atoms with Gasteiger partial charge in [-0.15, -0.1) is 11.3 Å². The molecule has 0 aromatic carbocycles. The number of rotatable bonds is 4. The van der Waals surface area contributed by atoms with Crippen LogP contribution in [0.2, 0.25) is 0 Å². The predicted molar refractivity (Wildman–Crippen MR) is 116 cm³/mol. The molecule has 9 heteroatoms. The van der Waals surface area contributed by atoms with Crippen LogP contribution >= 0.6 is 11.3 Å².